The van der Waals surface area contributed by atoms with E-state index in [0.717, 1.165) is 16.7 Å². The molecule has 0 saturated carbocycles. The second-order valence-corrected chi connectivity index (χ2v) is 8.96. The Kier molecular flexibility index (Phi) is 6.08. The zero-order valence-corrected chi connectivity index (χ0v) is 20.9. The Balaban J connectivity index is 1.40. The Morgan fingerprint density at radius 3 is 2.84 bits per heavy atom. The van der Waals surface area contributed by atoms with Gasteiger partial charge in [-0.05, 0) is 19.9 Å². The van der Waals surface area contributed by atoms with Crippen molar-refractivity contribution in [2.24, 2.45) is 7.05 Å². The molecule has 12 heteroatoms. The summed E-state index contributed by atoms with van der Waals surface area (Å²) in [6.45, 7) is 6.15. The summed E-state index contributed by atoms with van der Waals surface area (Å²) in [5, 5.41) is 12.3. The van der Waals surface area contributed by atoms with Crippen molar-refractivity contribution in [1.29, 1.82) is 0 Å². The zero-order valence-electron chi connectivity index (χ0n) is 20.9. The minimum absolute atomic E-state index is 0.145. The van der Waals surface area contributed by atoms with E-state index in [1.165, 1.54) is 0 Å². The summed E-state index contributed by atoms with van der Waals surface area (Å²) in [6.07, 6.45) is 7.64. The maximum absolute atomic E-state index is 6.45. The number of ether oxygens (including phenoxy) is 4. The highest BCUT2D eigenvalue weighted by molar-refractivity contribution is 5.75. The van der Waals surface area contributed by atoms with Gasteiger partial charge in [-0.2, -0.15) is 5.10 Å². The van der Waals surface area contributed by atoms with Crippen LogP contribution < -0.4 is 19.5 Å². The normalized spacial score (nSPS) is 17.4. The molecule has 1 fully saturated rings. The average Bonchev–Trinajstić information content (AvgIpc) is 3.41. The summed E-state index contributed by atoms with van der Waals surface area (Å²) < 4.78 is 27.4. The minimum Gasteiger partial charge on any atom is -0.490 e. The number of hydrogen-bond acceptors (Lipinski definition) is 10. The third kappa shape index (κ3) is 4.55. The lowest BCUT2D eigenvalue weighted by molar-refractivity contribution is -0.0290. The number of rotatable bonds is 4. The Hall–Kier alpha value is -4.19. The molecule has 0 radical (unpaired) electrons. The first-order chi connectivity index (χ1) is 18.1. The molecule has 4 aromatic heterocycles. The minimum atomic E-state index is -0.145. The number of nitrogens with one attached hydrogen (secondary N) is 1. The van der Waals surface area contributed by atoms with Crippen molar-refractivity contribution in [3.8, 4) is 40.0 Å². The van der Waals surface area contributed by atoms with Gasteiger partial charge in [0, 0.05) is 43.7 Å². The van der Waals surface area contributed by atoms with Crippen molar-refractivity contribution in [2.75, 3.05) is 31.7 Å². The SMILES string of the molecule is CCOc1nn(C2COC2)cc1-c1cnc2cc1O[C@@H](C)CCOc1c(cnn1C)-c1nccc(n1)N2. The van der Waals surface area contributed by atoms with Crippen molar-refractivity contribution in [3.05, 3.63) is 36.9 Å². The van der Waals surface area contributed by atoms with E-state index in [1.807, 2.05) is 37.8 Å². The molecule has 0 unspecified atom stereocenters. The molecule has 1 saturated heterocycles. The van der Waals surface area contributed by atoms with Gasteiger partial charge in [0.15, 0.2) is 5.82 Å². The van der Waals surface area contributed by atoms with E-state index in [-0.39, 0.29) is 12.1 Å². The Morgan fingerprint density at radius 2 is 2.03 bits per heavy atom. The van der Waals surface area contributed by atoms with Crippen LogP contribution in [0, 0.1) is 0 Å². The first kappa shape index (κ1) is 23.2. The van der Waals surface area contributed by atoms with Gasteiger partial charge in [-0.25, -0.2) is 19.6 Å². The van der Waals surface area contributed by atoms with Gasteiger partial charge >= 0.3 is 0 Å². The topological polar surface area (TPSA) is 123 Å². The molecule has 4 bridgehead atoms. The number of hydrogen-bond donors (Lipinski definition) is 1. The highest BCUT2D eigenvalue weighted by Gasteiger charge is 2.26. The van der Waals surface area contributed by atoms with Gasteiger partial charge in [-0.1, -0.05) is 0 Å². The van der Waals surface area contributed by atoms with E-state index in [2.05, 4.69) is 30.5 Å². The van der Waals surface area contributed by atoms with Crippen LogP contribution in [0.5, 0.6) is 17.5 Å². The predicted octanol–water partition coefficient (Wildman–Crippen LogP) is 3.40. The number of fused-ring (bicyclic) bond motifs is 6. The van der Waals surface area contributed by atoms with Gasteiger partial charge in [0.05, 0.1) is 50.3 Å². The lowest BCUT2D eigenvalue weighted by Gasteiger charge is -2.25. The monoisotopic (exact) mass is 504 g/mol. The van der Waals surface area contributed by atoms with Crippen molar-refractivity contribution in [3.63, 3.8) is 0 Å². The average molecular weight is 505 g/mol. The van der Waals surface area contributed by atoms with E-state index >= 15 is 0 Å². The molecule has 1 atom stereocenters. The number of anilines is 2. The molecule has 0 amide bonds. The molecule has 1 N–H and O–H groups in total. The van der Waals surface area contributed by atoms with Crippen molar-refractivity contribution < 1.29 is 18.9 Å². The Labute approximate surface area is 213 Å². The molecule has 4 aromatic rings. The highest BCUT2D eigenvalue weighted by Crippen LogP contribution is 2.39. The molecule has 6 rings (SSSR count). The van der Waals surface area contributed by atoms with E-state index in [1.54, 1.807) is 29.3 Å². The van der Waals surface area contributed by atoms with E-state index in [4.69, 9.17) is 18.9 Å². The summed E-state index contributed by atoms with van der Waals surface area (Å²) >= 11 is 0. The van der Waals surface area contributed by atoms with Gasteiger partial charge in [0.25, 0.3) is 0 Å². The van der Waals surface area contributed by atoms with E-state index in [9.17, 15) is 0 Å². The summed E-state index contributed by atoms with van der Waals surface area (Å²) in [5.41, 5.74) is 2.33. The third-order valence-corrected chi connectivity index (χ3v) is 6.26. The summed E-state index contributed by atoms with van der Waals surface area (Å²) in [5.74, 6) is 3.49. The lowest BCUT2D eigenvalue weighted by Crippen LogP contribution is -2.30. The molecule has 2 aliphatic rings. The summed E-state index contributed by atoms with van der Waals surface area (Å²) in [4.78, 5) is 13.7. The smallest absolute Gasteiger partial charge is 0.240 e. The second kappa shape index (κ2) is 9.69. The van der Waals surface area contributed by atoms with Crippen LogP contribution in [-0.2, 0) is 11.8 Å². The molecule has 0 aromatic carbocycles. The first-order valence-corrected chi connectivity index (χ1v) is 12.3. The Morgan fingerprint density at radius 1 is 1.14 bits per heavy atom. The maximum atomic E-state index is 6.45. The van der Waals surface area contributed by atoms with Crippen LogP contribution in [0.4, 0.5) is 11.6 Å². The zero-order chi connectivity index (χ0) is 25.4. The molecule has 0 aliphatic carbocycles. The number of aryl methyl sites for hydroxylation is 1. The van der Waals surface area contributed by atoms with Gasteiger partial charge in [-0.3, -0.25) is 4.68 Å². The van der Waals surface area contributed by atoms with Crippen LogP contribution in [0.1, 0.15) is 26.3 Å². The summed E-state index contributed by atoms with van der Waals surface area (Å²) in [6, 6.07) is 3.84. The van der Waals surface area contributed by atoms with Gasteiger partial charge in [-0.15, -0.1) is 5.10 Å². The lowest BCUT2D eigenvalue weighted by atomic mass is 10.1. The van der Waals surface area contributed by atoms with E-state index < -0.39 is 0 Å². The van der Waals surface area contributed by atoms with Crippen LogP contribution in [0.15, 0.2) is 36.9 Å². The fourth-order valence-corrected chi connectivity index (χ4v) is 4.21. The molecular formula is C25H28N8O4. The van der Waals surface area contributed by atoms with Crippen molar-refractivity contribution in [2.45, 2.75) is 32.4 Å². The summed E-state index contributed by atoms with van der Waals surface area (Å²) in [7, 11) is 1.83. The number of aromatic nitrogens is 7. The van der Waals surface area contributed by atoms with Gasteiger partial charge in [0.1, 0.15) is 22.9 Å². The quantitative estimate of drug-likeness (QED) is 0.442. The molecule has 0 spiro atoms. The number of pyridine rings is 1. The molecule has 37 heavy (non-hydrogen) atoms. The van der Waals surface area contributed by atoms with Crippen LogP contribution in [0.25, 0.3) is 22.5 Å². The molecule has 12 nitrogen and oxygen atoms in total. The van der Waals surface area contributed by atoms with Gasteiger partial charge < -0.3 is 24.3 Å². The highest BCUT2D eigenvalue weighted by atomic mass is 16.5. The third-order valence-electron chi connectivity index (χ3n) is 6.26. The van der Waals surface area contributed by atoms with E-state index in [0.29, 0.717) is 67.8 Å². The molecule has 6 heterocycles. The second-order valence-electron chi connectivity index (χ2n) is 8.96. The predicted molar refractivity (Wildman–Crippen MR) is 134 cm³/mol. The van der Waals surface area contributed by atoms with Crippen LogP contribution in [0.3, 0.4) is 0 Å². The van der Waals surface area contributed by atoms with Crippen molar-refractivity contribution in [1.82, 2.24) is 34.5 Å². The van der Waals surface area contributed by atoms with Crippen LogP contribution in [-0.4, -0.2) is 67.0 Å². The standard InChI is InChI=1S/C25H28N8O4/c1-4-35-24-19(12-33(31-24)16-13-34-14-16)17-10-27-22-9-20(17)37-15(2)6-8-36-25-18(11-28-32(25)3)23-26-7-5-21(29-22)30-23/h5,7,9-12,15-16H,4,6,8,13-14H2,1-3H3,(H,26,27,29,30)/t15-/m0/s1. The fraction of sp³-hybridized carbons (Fsp3) is 0.400. The Bertz CT molecular complexity index is 1410. The largest absolute Gasteiger partial charge is 0.490 e. The van der Waals surface area contributed by atoms with Gasteiger partial charge in [0.2, 0.25) is 11.8 Å². The fourth-order valence-electron chi connectivity index (χ4n) is 4.21. The maximum Gasteiger partial charge on any atom is 0.240 e. The van der Waals surface area contributed by atoms with Crippen LogP contribution in [0.2, 0.25) is 0 Å². The van der Waals surface area contributed by atoms with Crippen molar-refractivity contribution >= 4 is 11.6 Å². The van der Waals surface area contributed by atoms with Crippen LogP contribution >= 0.6 is 0 Å². The molecular weight excluding hydrogens is 476 g/mol. The molecule has 192 valence electrons. The molecule has 2 aliphatic heterocycles. The first-order valence-electron chi connectivity index (χ1n) is 12.3. The number of nitrogens with zero attached hydrogens (tertiary/aromatic N) is 7.